The second kappa shape index (κ2) is 5.71. The summed E-state index contributed by atoms with van der Waals surface area (Å²) in [6.07, 6.45) is 1.12. The quantitative estimate of drug-likeness (QED) is 0.916. The monoisotopic (exact) mass is 285 g/mol. The maximum atomic E-state index is 11.6. The van der Waals surface area contributed by atoms with Crippen LogP contribution in [0.25, 0.3) is 0 Å². The van der Waals surface area contributed by atoms with E-state index in [-0.39, 0.29) is 17.4 Å². The first-order valence-corrected chi connectivity index (χ1v) is 7.71. The third kappa shape index (κ3) is 5.85. The van der Waals surface area contributed by atoms with Gasteiger partial charge in [-0.3, -0.25) is 4.79 Å². The van der Waals surface area contributed by atoms with Crippen LogP contribution in [-0.2, 0) is 19.4 Å². The van der Waals surface area contributed by atoms with E-state index in [9.17, 15) is 13.2 Å². The Bertz CT molecular complexity index is 558. The van der Waals surface area contributed by atoms with E-state index in [2.05, 4.69) is 5.32 Å². The molecule has 0 atom stereocenters. The van der Waals surface area contributed by atoms with Crippen molar-refractivity contribution in [2.75, 3.05) is 18.2 Å². The lowest BCUT2D eigenvalue weighted by Gasteiger charge is -2.19. The smallest absolute Gasteiger partial charge is 0.250 e. The third-order valence-electron chi connectivity index (χ3n) is 2.18. The average Bonchev–Trinajstić information content (AvgIpc) is 2.25. The average molecular weight is 285 g/mol. The molecule has 1 N–H and O–H groups in total. The highest BCUT2D eigenvalue weighted by atomic mass is 32.2. The molecule has 1 aromatic carbocycles. The zero-order valence-corrected chi connectivity index (χ0v) is 12.4. The number of carbonyl (C=O) groups is 1. The van der Waals surface area contributed by atoms with Crippen LogP contribution in [0.1, 0.15) is 20.8 Å². The molecule has 0 aliphatic carbocycles. The first-order valence-electron chi connectivity index (χ1n) is 5.82. The van der Waals surface area contributed by atoms with Crippen molar-refractivity contribution in [2.45, 2.75) is 31.3 Å². The molecule has 0 saturated carbocycles. The standard InChI is InChI=1S/C13H19NO4S/c1-13(2,3)18-9-12(15)14-10-6-5-7-11(8-10)19(4,16)17/h5-8H,9H2,1-4H3,(H,14,15). The van der Waals surface area contributed by atoms with E-state index in [1.807, 2.05) is 20.8 Å². The summed E-state index contributed by atoms with van der Waals surface area (Å²) in [6.45, 7) is 5.48. The van der Waals surface area contributed by atoms with Crippen molar-refractivity contribution in [3.63, 3.8) is 0 Å². The molecule has 0 saturated heterocycles. The Morgan fingerprint density at radius 3 is 2.47 bits per heavy atom. The maximum absolute atomic E-state index is 11.6. The summed E-state index contributed by atoms with van der Waals surface area (Å²) < 4.78 is 28.1. The molecule has 0 radical (unpaired) electrons. The molecule has 5 nitrogen and oxygen atoms in total. The molecule has 0 bridgehead atoms. The van der Waals surface area contributed by atoms with Crippen LogP contribution in [0.15, 0.2) is 29.2 Å². The summed E-state index contributed by atoms with van der Waals surface area (Å²) in [5.41, 5.74) is 0.0387. The second-order valence-electron chi connectivity index (χ2n) is 5.25. The third-order valence-corrected chi connectivity index (χ3v) is 3.29. The van der Waals surface area contributed by atoms with Crippen molar-refractivity contribution >= 4 is 21.4 Å². The van der Waals surface area contributed by atoms with Crippen LogP contribution in [0.5, 0.6) is 0 Å². The molecule has 1 rings (SSSR count). The van der Waals surface area contributed by atoms with E-state index in [0.717, 1.165) is 6.26 Å². The van der Waals surface area contributed by atoms with Gasteiger partial charge in [-0.1, -0.05) is 6.07 Å². The minimum Gasteiger partial charge on any atom is -0.366 e. The Morgan fingerprint density at radius 1 is 1.32 bits per heavy atom. The molecule has 0 aliphatic heterocycles. The van der Waals surface area contributed by atoms with Crippen molar-refractivity contribution in [2.24, 2.45) is 0 Å². The number of hydrogen-bond donors (Lipinski definition) is 1. The van der Waals surface area contributed by atoms with E-state index in [4.69, 9.17) is 4.74 Å². The molecule has 0 aliphatic rings. The van der Waals surface area contributed by atoms with Gasteiger partial charge in [0.2, 0.25) is 5.91 Å². The van der Waals surface area contributed by atoms with Crippen LogP contribution in [0.3, 0.4) is 0 Å². The predicted octanol–water partition coefficient (Wildman–Crippen LogP) is 1.84. The minimum atomic E-state index is -3.28. The summed E-state index contributed by atoms with van der Waals surface area (Å²) in [6, 6.07) is 6.11. The van der Waals surface area contributed by atoms with Crippen molar-refractivity contribution in [1.29, 1.82) is 0 Å². The van der Waals surface area contributed by atoms with E-state index in [0.29, 0.717) is 5.69 Å². The SMILES string of the molecule is CC(C)(C)OCC(=O)Nc1cccc(S(C)(=O)=O)c1. The van der Waals surface area contributed by atoms with Crippen LogP contribution in [-0.4, -0.2) is 32.8 Å². The van der Waals surface area contributed by atoms with Gasteiger partial charge in [-0.05, 0) is 39.0 Å². The zero-order chi connectivity index (χ0) is 14.7. The molecule has 1 aromatic rings. The van der Waals surface area contributed by atoms with Gasteiger partial charge in [0.15, 0.2) is 9.84 Å². The molecule has 0 heterocycles. The van der Waals surface area contributed by atoms with Crippen molar-refractivity contribution in [1.82, 2.24) is 0 Å². The fourth-order valence-corrected chi connectivity index (χ4v) is 1.95. The molecule has 1 amide bonds. The number of ether oxygens (including phenoxy) is 1. The second-order valence-corrected chi connectivity index (χ2v) is 7.26. The number of rotatable bonds is 4. The number of anilines is 1. The van der Waals surface area contributed by atoms with Crippen LogP contribution >= 0.6 is 0 Å². The normalized spacial score (nSPS) is 12.2. The number of sulfone groups is 1. The van der Waals surface area contributed by atoms with E-state index in [1.165, 1.54) is 12.1 Å². The van der Waals surface area contributed by atoms with Gasteiger partial charge in [0, 0.05) is 11.9 Å². The van der Waals surface area contributed by atoms with Crippen LogP contribution in [0.2, 0.25) is 0 Å². The topological polar surface area (TPSA) is 72.5 Å². The minimum absolute atomic E-state index is 0.0768. The van der Waals surface area contributed by atoms with Crippen LogP contribution in [0.4, 0.5) is 5.69 Å². The van der Waals surface area contributed by atoms with Crippen LogP contribution in [0, 0.1) is 0 Å². The van der Waals surface area contributed by atoms with Gasteiger partial charge in [-0.15, -0.1) is 0 Å². The molecule has 0 unspecified atom stereocenters. The van der Waals surface area contributed by atoms with Crippen LogP contribution < -0.4 is 5.32 Å². The van der Waals surface area contributed by atoms with Crippen molar-refractivity contribution < 1.29 is 17.9 Å². The predicted molar refractivity (Wildman–Crippen MR) is 73.9 cm³/mol. The van der Waals surface area contributed by atoms with Gasteiger partial charge in [-0.2, -0.15) is 0 Å². The lowest BCUT2D eigenvalue weighted by molar-refractivity contribution is -0.125. The highest BCUT2D eigenvalue weighted by Crippen LogP contribution is 2.15. The molecule has 6 heteroatoms. The fourth-order valence-electron chi connectivity index (χ4n) is 1.28. The molecule has 0 spiro atoms. The fraction of sp³-hybridized carbons (Fsp3) is 0.462. The number of benzene rings is 1. The van der Waals surface area contributed by atoms with Gasteiger partial charge < -0.3 is 10.1 Å². The first kappa shape index (κ1) is 15.7. The van der Waals surface area contributed by atoms with E-state index >= 15 is 0 Å². The number of carbonyl (C=O) groups excluding carboxylic acids is 1. The summed E-state index contributed by atoms with van der Waals surface area (Å²) in [7, 11) is -3.28. The number of hydrogen-bond acceptors (Lipinski definition) is 4. The molecule has 0 fully saturated rings. The highest BCUT2D eigenvalue weighted by Gasteiger charge is 2.13. The molecule has 0 aromatic heterocycles. The molecule has 19 heavy (non-hydrogen) atoms. The zero-order valence-electron chi connectivity index (χ0n) is 11.6. The summed E-state index contributed by atoms with van der Waals surface area (Å²) >= 11 is 0. The lowest BCUT2D eigenvalue weighted by atomic mass is 10.2. The van der Waals surface area contributed by atoms with Gasteiger partial charge in [0.25, 0.3) is 0 Å². The van der Waals surface area contributed by atoms with E-state index < -0.39 is 15.4 Å². The van der Waals surface area contributed by atoms with Gasteiger partial charge in [-0.25, -0.2) is 8.42 Å². The van der Waals surface area contributed by atoms with Gasteiger partial charge >= 0.3 is 0 Å². The van der Waals surface area contributed by atoms with E-state index in [1.54, 1.807) is 12.1 Å². The molecule has 106 valence electrons. The molecular weight excluding hydrogens is 266 g/mol. The summed E-state index contributed by atoms with van der Waals surface area (Å²) in [5, 5.41) is 2.60. The molecular formula is C13H19NO4S. The Kier molecular flexibility index (Phi) is 4.70. The Morgan fingerprint density at radius 2 is 1.95 bits per heavy atom. The van der Waals surface area contributed by atoms with Crippen molar-refractivity contribution in [3.8, 4) is 0 Å². The van der Waals surface area contributed by atoms with Crippen molar-refractivity contribution in [3.05, 3.63) is 24.3 Å². The largest absolute Gasteiger partial charge is 0.366 e. The Labute approximate surface area is 113 Å². The number of nitrogens with one attached hydrogen (secondary N) is 1. The van der Waals surface area contributed by atoms with Gasteiger partial charge in [0.1, 0.15) is 6.61 Å². The Balaban J connectivity index is 2.70. The summed E-state index contributed by atoms with van der Waals surface area (Å²) in [4.78, 5) is 11.8. The lowest BCUT2D eigenvalue weighted by Crippen LogP contribution is -2.27. The number of amides is 1. The summed E-state index contributed by atoms with van der Waals surface area (Å²) in [5.74, 6) is -0.319. The maximum Gasteiger partial charge on any atom is 0.250 e. The van der Waals surface area contributed by atoms with Gasteiger partial charge in [0.05, 0.1) is 10.5 Å². The Hall–Kier alpha value is -1.40. The highest BCUT2D eigenvalue weighted by molar-refractivity contribution is 7.90. The first-order chi connectivity index (χ1) is 8.58.